The highest BCUT2D eigenvalue weighted by Gasteiger charge is 2.19. The van der Waals surface area contributed by atoms with Crippen molar-refractivity contribution in [3.63, 3.8) is 0 Å². The second-order valence-corrected chi connectivity index (χ2v) is 3.91. The monoisotopic (exact) mass is 207 g/mol. The van der Waals surface area contributed by atoms with Gasteiger partial charge in [-0.25, -0.2) is 0 Å². The second kappa shape index (κ2) is 5.05. The number of carbonyl (C=O) groups excluding carboxylic acids is 1. The van der Waals surface area contributed by atoms with E-state index in [9.17, 15) is 9.90 Å². The summed E-state index contributed by atoms with van der Waals surface area (Å²) in [5.74, 6) is -0.282. The summed E-state index contributed by atoms with van der Waals surface area (Å²) in [4.78, 5) is 10.9. The fourth-order valence-corrected chi connectivity index (χ4v) is 1.52. The Bertz CT molecular complexity index is 349. The van der Waals surface area contributed by atoms with E-state index in [4.69, 9.17) is 5.73 Å². The van der Waals surface area contributed by atoms with Gasteiger partial charge >= 0.3 is 0 Å². The van der Waals surface area contributed by atoms with Gasteiger partial charge in [0.25, 0.3) is 0 Å². The lowest BCUT2D eigenvalue weighted by atomic mass is 9.99. The first-order chi connectivity index (χ1) is 7.00. The van der Waals surface area contributed by atoms with Crippen LogP contribution in [0.5, 0.6) is 0 Å². The first kappa shape index (κ1) is 11.9. The van der Waals surface area contributed by atoms with Crippen LogP contribution in [0.1, 0.15) is 18.1 Å². The van der Waals surface area contributed by atoms with Crippen molar-refractivity contribution in [2.24, 2.45) is 5.73 Å². The lowest BCUT2D eigenvalue weighted by Crippen LogP contribution is -2.41. The highest BCUT2D eigenvalue weighted by molar-refractivity contribution is 5.80. The van der Waals surface area contributed by atoms with Crippen LogP contribution in [0.15, 0.2) is 24.3 Å². The molecule has 15 heavy (non-hydrogen) atoms. The number of aliphatic hydroxyl groups is 1. The smallest absolute Gasteiger partial charge is 0.159 e. The molecule has 1 rings (SSSR count). The summed E-state index contributed by atoms with van der Waals surface area (Å²) in [5, 5.41) is 9.45. The quantitative estimate of drug-likeness (QED) is 0.768. The third-order valence-corrected chi connectivity index (χ3v) is 2.38. The number of benzene rings is 1. The molecule has 0 radical (unpaired) electrons. The molecule has 2 atom stereocenters. The van der Waals surface area contributed by atoms with Crippen LogP contribution in [0, 0.1) is 6.92 Å². The van der Waals surface area contributed by atoms with Crippen molar-refractivity contribution in [1.29, 1.82) is 0 Å². The number of aliphatic hydroxyl groups excluding tert-OH is 1. The van der Waals surface area contributed by atoms with Gasteiger partial charge in [0.15, 0.2) is 5.78 Å². The lowest BCUT2D eigenvalue weighted by Gasteiger charge is -2.16. The van der Waals surface area contributed by atoms with Gasteiger partial charge in [-0.2, -0.15) is 0 Å². The summed E-state index contributed by atoms with van der Waals surface area (Å²) in [6.45, 7) is 3.34. The molecule has 0 saturated heterocycles. The van der Waals surface area contributed by atoms with Crippen molar-refractivity contribution < 1.29 is 9.90 Å². The largest absolute Gasteiger partial charge is 0.384 e. The van der Waals surface area contributed by atoms with Crippen LogP contribution in [0.2, 0.25) is 0 Å². The van der Waals surface area contributed by atoms with Gasteiger partial charge in [0, 0.05) is 6.04 Å². The van der Waals surface area contributed by atoms with E-state index >= 15 is 0 Å². The summed E-state index contributed by atoms with van der Waals surface area (Å²) in [6, 6.07) is 7.37. The van der Waals surface area contributed by atoms with E-state index in [0.717, 1.165) is 11.1 Å². The molecular weight excluding hydrogens is 190 g/mol. The van der Waals surface area contributed by atoms with Crippen LogP contribution in [-0.4, -0.2) is 23.0 Å². The third-order valence-electron chi connectivity index (χ3n) is 2.38. The van der Waals surface area contributed by atoms with E-state index in [1.807, 2.05) is 31.2 Å². The maximum absolute atomic E-state index is 10.9. The minimum atomic E-state index is -1.06. The van der Waals surface area contributed by atoms with Gasteiger partial charge in [0.2, 0.25) is 0 Å². The highest BCUT2D eigenvalue weighted by atomic mass is 16.3. The van der Waals surface area contributed by atoms with Gasteiger partial charge in [-0.05, 0) is 25.8 Å². The van der Waals surface area contributed by atoms with E-state index in [1.54, 1.807) is 0 Å². The zero-order chi connectivity index (χ0) is 11.4. The highest BCUT2D eigenvalue weighted by Crippen LogP contribution is 2.08. The van der Waals surface area contributed by atoms with Crippen molar-refractivity contribution >= 4 is 5.78 Å². The molecule has 82 valence electrons. The number of ketones is 1. The van der Waals surface area contributed by atoms with Gasteiger partial charge < -0.3 is 10.8 Å². The van der Waals surface area contributed by atoms with Crippen LogP contribution < -0.4 is 5.73 Å². The average Bonchev–Trinajstić information content (AvgIpc) is 2.16. The molecule has 1 aromatic carbocycles. The molecule has 0 aliphatic carbocycles. The Morgan fingerprint density at radius 2 is 2.20 bits per heavy atom. The summed E-state index contributed by atoms with van der Waals surface area (Å²) in [6.07, 6.45) is -0.548. The number of rotatable bonds is 4. The number of aryl methyl sites for hydroxylation is 1. The Balaban J connectivity index is 2.66. The molecule has 1 aromatic rings. The van der Waals surface area contributed by atoms with Gasteiger partial charge in [-0.15, -0.1) is 0 Å². The molecule has 0 aliphatic rings. The number of Topliss-reactive ketones (excluding diaryl/α,β-unsaturated/α-hetero) is 1. The van der Waals surface area contributed by atoms with Crippen LogP contribution in [0.25, 0.3) is 0 Å². The number of hydrogen-bond acceptors (Lipinski definition) is 3. The molecule has 0 spiro atoms. The Hall–Kier alpha value is -1.19. The summed E-state index contributed by atoms with van der Waals surface area (Å²) in [7, 11) is 0. The first-order valence-electron chi connectivity index (χ1n) is 5.00. The summed E-state index contributed by atoms with van der Waals surface area (Å²) >= 11 is 0. The fourth-order valence-electron chi connectivity index (χ4n) is 1.52. The maximum Gasteiger partial charge on any atom is 0.159 e. The Morgan fingerprint density at radius 3 is 2.73 bits per heavy atom. The van der Waals surface area contributed by atoms with Crippen LogP contribution >= 0.6 is 0 Å². The minimum Gasteiger partial charge on any atom is -0.384 e. The van der Waals surface area contributed by atoms with Crippen LogP contribution in [0.4, 0.5) is 0 Å². The molecule has 0 saturated carbocycles. The molecule has 3 heteroatoms. The van der Waals surface area contributed by atoms with E-state index in [0.29, 0.717) is 6.42 Å². The van der Waals surface area contributed by atoms with Gasteiger partial charge in [-0.1, -0.05) is 29.8 Å². The topological polar surface area (TPSA) is 63.3 Å². The molecule has 2 unspecified atom stereocenters. The van der Waals surface area contributed by atoms with E-state index < -0.39 is 12.1 Å². The van der Waals surface area contributed by atoms with Gasteiger partial charge in [-0.3, -0.25) is 4.79 Å². The van der Waals surface area contributed by atoms with E-state index in [1.165, 1.54) is 6.92 Å². The van der Waals surface area contributed by atoms with E-state index in [2.05, 4.69) is 0 Å². The Kier molecular flexibility index (Phi) is 4.00. The van der Waals surface area contributed by atoms with Crippen molar-refractivity contribution in [3.05, 3.63) is 35.4 Å². The maximum atomic E-state index is 10.9. The minimum absolute atomic E-state index is 0.282. The SMILES string of the molecule is CC(=O)C(O)C(N)Cc1cccc(C)c1. The third kappa shape index (κ3) is 3.46. The molecule has 0 heterocycles. The standard InChI is InChI=1S/C12H17NO2/c1-8-4-3-5-10(6-8)7-11(13)12(15)9(2)14/h3-6,11-12,15H,7,13H2,1-2H3. The molecule has 3 N–H and O–H groups in total. The van der Waals surface area contributed by atoms with Crippen molar-refractivity contribution in [2.75, 3.05) is 0 Å². The summed E-state index contributed by atoms with van der Waals surface area (Å²) in [5.41, 5.74) is 7.92. The predicted octanol–water partition coefficient (Wildman–Crippen LogP) is 0.815. The van der Waals surface area contributed by atoms with Crippen molar-refractivity contribution in [1.82, 2.24) is 0 Å². The van der Waals surface area contributed by atoms with Crippen LogP contribution in [-0.2, 0) is 11.2 Å². The van der Waals surface area contributed by atoms with Crippen molar-refractivity contribution in [3.8, 4) is 0 Å². The molecule has 0 aliphatic heterocycles. The molecule has 0 amide bonds. The summed E-state index contributed by atoms with van der Waals surface area (Å²) < 4.78 is 0. The number of carbonyl (C=O) groups is 1. The molecular formula is C12H17NO2. The molecule has 0 bridgehead atoms. The van der Waals surface area contributed by atoms with E-state index in [-0.39, 0.29) is 5.78 Å². The number of hydrogen-bond donors (Lipinski definition) is 2. The Labute approximate surface area is 89.9 Å². The van der Waals surface area contributed by atoms with Gasteiger partial charge in [0.1, 0.15) is 6.10 Å². The second-order valence-electron chi connectivity index (χ2n) is 3.91. The number of nitrogens with two attached hydrogens (primary N) is 1. The molecule has 3 nitrogen and oxygen atoms in total. The van der Waals surface area contributed by atoms with Gasteiger partial charge in [0.05, 0.1) is 0 Å². The predicted molar refractivity (Wildman–Crippen MR) is 59.5 cm³/mol. The molecule has 0 aromatic heterocycles. The van der Waals surface area contributed by atoms with Crippen LogP contribution in [0.3, 0.4) is 0 Å². The normalized spacial score (nSPS) is 14.7. The fraction of sp³-hybridized carbons (Fsp3) is 0.417. The zero-order valence-electron chi connectivity index (χ0n) is 9.10. The Morgan fingerprint density at radius 1 is 1.53 bits per heavy atom. The molecule has 0 fully saturated rings. The lowest BCUT2D eigenvalue weighted by molar-refractivity contribution is -0.125. The average molecular weight is 207 g/mol. The van der Waals surface area contributed by atoms with Crippen molar-refractivity contribution in [2.45, 2.75) is 32.4 Å². The first-order valence-corrected chi connectivity index (χ1v) is 5.00. The zero-order valence-corrected chi connectivity index (χ0v) is 9.10.